The highest BCUT2D eigenvalue weighted by molar-refractivity contribution is 5.94. The fraction of sp³-hybridized carbons (Fsp3) is 0.562. The van der Waals surface area contributed by atoms with Gasteiger partial charge in [0.25, 0.3) is 0 Å². The number of carbonyl (C=O) groups is 1. The smallest absolute Gasteiger partial charge is 0.241 e. The Kier molecular flexibility index (Phi) is 5.31. The first-order valence-corrected chi connectivity index (χ1v) is 7.45. The molecule has 1 saturated heterocycles. The second-order valence-corrected chi connectivity index (χ2v) is 5.84. The van der Waals surface area contributed by atoms with Crippen molar-refractivity contribution in [3.05, 3.63) is 30.1 Å². The number of amides is 1. The van der Waals surface area contributed by atoms with Crippen LogP contribution in [0.3, 0.4) is 0 Å². The minimum absolute atomic E-state index is 0.165. The minimum atomic E-state index is -0.403. The molecule has 1 unspecified atom stereocenters. The van der Waals surface area contributed by atoms with Crippen LogP contribution in [0, 0.1) is 5.82 Å². The van der Waals surface area contributed by atoms with Crippen molar-refractivity contribution in [3.63, 3.8) is 0 Å². The topological polar surface area (TPSA) is 35.6 Å². The Morgan fingerprint density at radius 3 is 2.62 bits per heavy atom. The van der Waals surface area contributed by atoms with Crippen LogP contribution < -0.4 is 5.32 Å². The Morgan fingerprint density at radius 2 is 2.00 bits per heavy atom. The number of anilines is 1. The molecule has 5 heteroatoms. The molecule has 1 amide bonds. The van der Waals surface area contributed by atoms with Gasteiger partial charge >= 0.3 is 0 Å². The molecule has 1 aliphatic rings. The van der Waals surface area contributed by atoms with Crippen molar-refractivity contribution < 1.29 is 9.18 Å². The summed E-state index contributed by atoms with van der Waals surface area (Å²) in [7, 11) is 4.09. The Hall–Kier alpha value is -1.46. The number of halogens is 1. The fourth-order valence-corrected chi connectivity index (χ4v) is 2.70. The molecule has 116 valence electrons. The van der Waals surface area contributed by atoms with E-state index in [0.717, 1.165) is 25.9 Å². The van der Waals surface area contributed by atoms with E-state index in [1.165, 1.54) is 6.07 Å². The molecule has 0 aromatic heterocycles. The molecule has 1 aromatic carbocycles. The number of piperidine rings is 1. The van der Waals surface area contributed by atoms with E-state index in [1.807, 2.05) is 14.0 Å². The molecule has 1 N–H and O–H groups in total. The molecule has 0 saturated carbocycles. The molecule has 4 nitrogen and oxygen atoms in total. The molecule has 1 atom stereocenters. The molecule has 0 radical (unpaired) electrons. The maximum absolute atomic E-state index is 13.6. The van der Waals surface area contributed by atoms with E-state index < -0.39 is 5.82 Å². The van der Waals surface area contributed by atoms with Gasteiger partial charge in [-0.3, -0.25) is 9.69 Å². The largest absolute Gasteiger partial charge is 0.322 e. The van der Waals surface area contributed by atoms with Crippen LogP contribution >= 0.6 is 0 Å². The van der Waals surface area contributed by atoms with Gasteiger partial charge < -0.3 is 10.2 Å². The fourth-order valence-electron chi connectivity index (χ4n) is 2.70. The maximum Gasteiger partial charge on any atom is 0.241 e. The van der Waals surface area contributed by atoms with E-state index in [-0.39, 0.29) is 17.6 Å². The van der Waals surface area contributed by atoms with E-state index in [9.17, 15) is 9.18 Å². The Labute approximate surface area is 125 Å². The summed E-state index contributed by atoms with van der Waals surface area (Å²) in [4.78, 5) is 16.7. The van der Waals surface area contributed by atoms with Gasteiger partial charge in [0.15, 0.2) is 0 Å². The zero-order valence-corrected chi connectivity index (χ0v) is 13.0. The van der Waals surface area contributed by atoms with Crippen LogP contribution in [-0.2, 0) is 4.79 Å². The number of likely N-dealkylation sites (N-methyl/N-ethyl adjacent to an activating group) is 1. The lowest BCUT2D eigenvalue weighted by Crippen LogP contribution is -2.49. The molecule has 1 heterocycles. The highest BCUT2D eigenvalue weighted by Crippen LogP contribution is 2.18. The molecule has 0 bridgehead atoms. The van der Waals surface area contributed by atoms with Gasteiger partial charge in [0.1, 0.15) is 5.82 Å². The van der Waals surface area contributed by atoms with Crippen molar-refractivity contribution in [1.82, 2.24) is 9.80 Å². The summed E-state index contributed by atoms with van der Waals surface area (Å²) >= 11 is 0. The first-order chi connectivity index (χ1) is 9.99. The summed E-state index contributed by atoms with van der Waals surface area (Å²) in [5, 5.41) is 2.67. The number of likely N-dealkylation sites (tertiary alicyclic amines) is 1. The van der Waals surface area contributed by atoms with Gasteiger partial charge in [-0.25, -0.2) is 4.39 Å². The quantitative estimate of drug-likeness (QED) is 0.924. The number of para-hydroxylation sites is 1. The predicted molar refractivity (Wildman–Crippen MR) is 82.8 cm³/mol. The summed E-state index contributed by atoms with van der Waals surface area (Å²) < 4.78 is 13.6. The minimum Gasteiger partial charge on any atom is -0.322 e. The molecule has 0 spiro atoms. The Balaban J connectivity index is 1.94. The number of hydrogen-bond donors (Lipinski definition) is 1. The van der Waals surface area contributed by atoms with E-state index in [2.05, 4.69) is 22.2 Å². The average molecular weight is 293 g/mol. The summed E-state index contributed by atoms with van der Waals surface area (Å²) in [5.41, 5.74) is 0.242. The van der Waals surface area contributed by atoms with Gasteiger partial charge in [0, 0.05) is 6.04 Å². The molecule has 1 aromatic rings. The third-order valence-corrected chi connectivity index (χ3v) is 4.39. The van der Waals surface area contributed by atoms with E-state index >= 15 is 0 Å². The van der Waals surface area contributed by atoms with E-state index in [1.54, 1.807) is 18.2 Å². The molecule has 0 aliphatic carbocycles. The number of hydrogen-bond acceptors (Lipinski definition) is 3. The third kappa shape index (κ3) is 4.02. The zero-order valence-electron chi connectivity index (χ0n) is 13.0. The van der Waals surface area contributed by atoms with E-state index in [4.69, 9.17) is 0 Å². The summed E-state index contributed by atoms with van der Waals surface area (Å²) in [6, 6.07) is 6.38. The first kappa shape index (κ1) is 15.9. The van der Waals surface area contributed by atoms with Crippen LogP contribution in [-0.4, -0.2) is 55.0 Å². The maximum atomic E-state index is 13.6. The second-order valence-electron chi connectivity index (χ2n) is 5.84. The molecular formula is C16H24FN3O. The monoisotopic (exact) mass is 293 g/mol. The van der Waals surface area contributed by atoms with Gasteiger partial charge in [-0.05, 0) is 59.1 Å². The lowest BCUT2D eigenvalue weighted by Gasteiger charge is -2.37. The van der Waals surface area contributed by atoms with Crippen molar-refractivity contribution in [3.8, 4) is 0 Å². The SMILES string of the molecule is CC(C(=O)Nc1ccccc1F)N(C)C1CCN(C)CC1. The Bertz CT molecular complexity index is 486. The van der Waals surface area contributed by atoms with Crippen LogP contribution in [0.4, 0.5) is 10.1 Å². The van der Waals surface area contributed by atoms with Crippen LogP contribution in [0.1, 0.15) is 19.8 Å². The molecule has 21 heavy (non-hydrogen) atoms. The van der Waals surface area contributed by atoms with Crippen molar-refractivity contribution in [2.24, 2.45) is 0 Å². The standard InChI is InChI=1S/C16H24FN3O/c1-12(20(3)13-8-10-19(2)11-9-13)16(21)18-15-7-5-4-6-14(15)17/h4-7,12-13H,8-11H2,1-3H3,(H,18,21). The molecule has 1 fully saturated rings. The number of benzene rings is 1. The lowest BCUT2D eigenvalue weighted by molar-refractivity contribution is -0.121. The second kappa shape index (κ2) is 7.00. The van der Waals surface area contributed by atoms with Crippen LogP contribution in [0.15, 0.2) is 24.3 Å². The normalized spacial score (nSPS) is 18.7. The van der Waals surface area contributed by atoms with Gasteiger partial charge in [-0.1, -0.05) is 12.1 Å². The van der Waals surface area contributed by atoms with Gasteiger partial charge in [0.05, 0.1) is 11.7 Å². The molecule has 1 aliphatic heterocycles. The zero-order chi connectivity index (χ0) is 15.4. The molecular weight excluding hydrogens is 269 g/mol. The third-order valence-electron chi connectivity index (χ3n) is 4.39. The van der Waals surface area contributed by atoms with Gasteiger partial charge in [0.2, 0.25) is 5.91 Å². The lowest BCUT2D eigenvalue weighted by atomic mass is 10.0. The summed E-state index contributed by atoms with van der Waals surface area (Å²) in [6.45, 7) is 3.97. The van der Waals surface area contributed by atoms with Gasteiger partial charge in [-0.15, -0.1) is 0 Å². The van der Waals surface area contributed by atoms with Crippen molar-refractivity contribution in [1.29, 1.82) is 0 Å². The average Bonchev–Trinajstić information content (AvgIpc) is 2.49. The number of carbonyl (C=O) groups excluding carboxylic acids is 1. The summed E-state index contributed by atoms with van der Waals surface area (Å²) in [6.07, 6.45) is 2.12. The van der Waals surface area contributed by atoms with Crippen LogP contribution in [0.25, 0.3) is 0 Å². The van der Waals surface area contributed by atoms with Crippen LogP contribution in [0.2, 0.25) is 0 Å². The van der Waals surface area contributed by atoms with Gasteiger partial charge in [-0.2, -0.15) is 0 Å². The van der Waals surface area contributed by atoms with Crippen molar-refractivity contribution >= 4 is 11.6 Å². The predicted octanol–water partition coefficient (Wildman–Crippen LogP) is 2.18. The highest BCUT2D eigenvalue weighted by atomic mass is 19.1. The van der Waals surface area contributed by atoms with E-state index in [0.29, 0.717) is 6.04 Å². The number of nitrogens with zero attached hydrogens (tertiary/aromatic N) is 2. The summed E-state index contributed by atoms with van der Waals surface area (Å²) in [5.74, 6) is -0.568. The van der Waals surface area contributed by atoms with Crippen molar-refractivity contribution in [2.75, 3.05) is 32.5 Å². The van der Waals surface area contributed by atoms with Crippen LogP contribution in [0.5, 0.6) is 0 Å². The number of rotatable bonds is 4. The highest BCUT2D eigenvalue weighted by Gasteiger charge is 2.27. The molecule has 2 rings (SSSR count). The van der Waals surface area contributed by atoms with Crippen molar-refractivity contribution in [2.45, 2.75) is 31.8 Å². The number of nitrogens with one attached hydrogen (secondary N) is 1. The first-order valence-electron chi connectivity index (χ1n) is 7.45. The Morgan fingerprint density at radius 1 is 1.38 bits per heavy atom.